The molecule has 102 valence electrons. The van der Waals surface area contributed by atoms with Crippen LogP contribution in [-0.4, -0.2) is 19.6 Å². The molecule has 4 heteroatoms. The van der Waals surface area contributed by atoms with E-state index in [-0.39, 0.29) is 0 Å². The molecule has 19 heavy (non-hydrogen) atoms. The van der Waals surface area contributed by atoms with Crippen molar-refractivity contribution in [1.82, 2.24) is 5.32 Å². The summed E-state index contributed by atoms with van der Waals surface area (Å²) in [5.41, 5.74) is 1.28. The Balaban J connectivity index is 1.75. The minimum absolute atomic E-state index is 0.858. The number of hydrogen-bond acceptors (Lipinski definition) is 3. The van der Waals surface area contributed by atoms with Crippen molar-refractivity contribution in [2.24, 2.45) is 0 Å². The maximum absolute atomic E-state index is 5.91. The SMILES string of the molecule is CCN(CCNCc1ccc(Cl)s1)c1ccccc1. The molecular formula is C15H19ClN2S. The van der Waals surface area contributed by atoms with E-state index in [0.29, 0.717) is 0 Å². The minimum atomic E-state index is 0.858. The van der Waals surface area contributed by atoms with Crippen LogP contribution < -0.4 is 10.2 Å². The third-order valence-corrected chi connectivity index (χ3v) is 4.22. The lowest BCUT2D eigenvalue weighted by molar-refractivity contribution is 0.670. The van der Waals surface area contributed by atoms with Gasteiger partial charge in [-0.2, -0.15) is 0 Å². The molecule has 0 saturated heterocycles. The number of nitrogens with one attached hydrogen (secondary N) is 1. The van der Waals surface area contributed by atoms with Crippen molar-refractivity contribution in [3.63, 3.8) is 0 Å². The molecule has 0 aliphatic rings. The topological polar surface area (TPSA) is 15.3 Å². The average molecular weight is 295 g/mol. The summed E-state index contributed by atoms with van der Waals surface area (Å²) in [6.45, 7) is 6.09. The van der Waals surface area contributed by atoms with Crippen LogP contribution in [0.2, 0.25) is 4.34 Å². The summed E-state index contributed by atoms with van der Waals surface area (Å²) in [7, 11) is 0. The Hall–Kier alpha value is -1.03. The number of likely N-dealkylation sites (N-methyl/N-ethyl adjacent to an activating group) is 1. The number of nitrogens with zero attached hydrogens (tertiary/aromatic N) is 1. The summed E-state index contributed by atoms with van der Waals surface area (Å²) >= 11 is 7.55. The Bertz CT molecular complexity index is 484. The van der Waals surface area contributed by atoms with Crippen molar-refractivity contribution >= 4 is 28.6 Å². The molecule has 0 bridgehead atoms. The lowest BCUT2D eigenvalue weighted by Crippen LogP contribution is -2.31. The molecule has 1 aromatic heterocycles. The van der Waals surface area contributed by atoms with E-state index >= 15 is 0 Å². The fourth-order valence-corrected chi connectivity index (χ4v) is 3.04. The van der Waals surface area contributed by atoms with Crippen molar-refractivity contribution in [3.05, 3.63) is 51.7 Å². The Morgan fingerprint density at radius 1 is 1.16 bits per heavy atom. The number of thiophene rings is 1. The molecule has 0 amide bonds. The summed E-state index contributed by atoms with van der Waals surface area (Å²) in [6.07, 6.45) is 0. The van der Waals surface area contributed by atoms with Crippen molar-refractivity contribution in [2.75, 3.05) is 24.5 Å². The number of para-hydroxylation sites is 1. The summed E-state index contributed by atoms with van der Waals surface area (Å²) in [5, 5.41) is 3.46. The molecular weight excluding hydrogens is 276 g/mol. The van der Waals surface area contributed by atoms with Crippen LogP contribution in [0.15, 0.2) is 42.5 Å². The highest BCUT2D eigenvalue weighted by molar-refractivity contribution is 7.16. The van der Waals surface area contributed by atoms with Crippen molar-refractivity contribution in [3.8, 4) is 0 Å². The predicted octanol–water partition coefficient (Wildman–Crippen LogP) is 4.02. The predicted molar refractivity (Wildman–Crippen MR) is 85.4 cm³/mol. The van der Waals surface area contributed by atoms with Crippen LogP contribution in [0.25, 0.3) is 0 Å². The first-order chi connectivity index (χ1) is 9.29. The van der Waals surface area contributed by atoms with Gasteiger partial charge in [0.1, 0.15) is 0 Å². The Kier molecular flexibility index (Phi) is 5.70. The van der Waals surface area contributed by atoms with Crippen LogP contribution in [0, 0.1) is 0 Å². The third-order valence-electron chi connectivity index (χ3n) is 2.99. The normalized spacial score (nSPS) is 10.6. The van der Waals surface area contributed by atoms with E-state index in [4.69, 9.17) is 11.6 Å². The second kappa shape index (κ2) is 7.53. The van der Waals surface area contributed by atoms with Gasteiger partial charge in [0, 0.05) is 36.7 Å². The smallest absolute Gasteiger partial charge is 0.0931 e. The minimum Gasteiger partial charge on any atom is -0.371 e. The molecule has 0 saturated carbocycles. The van der Waals surface area contributed by atoms with Crippen LogP contribution in [0.1, 0.15) is 11.8 Å². The van der Waals surface area contributed by atoms with E-state index in [1.54, 1.807) is 11.3 Å². The molecule has 0 fully saturated rings. The molecule has 2 aromatic rings. The van der Waals surface area contributed by atoms with Crippen molar-refractivity contribution < 1.29 is 0 Å². The van der Waals surface area contributed by atoms with Gasteiger partial charge in [-0.25, -0.2) is 0 Å². The number of rotatable bonds is 7. The van der Waals surface area contributed by atoms with Gasteiger partial charge < -0.3 is 10.2 Å². The van der Waals surface area contributed by atoms with Gasteiger partial charge in [-0.05, 0) is 31.2 Å². The molecule has 2 nitrogen and oxygen atoms in total. The van der Waals surface area contributed by atoms with Crippen LogP contribution in [0.5, 0.6) is 0 Å². The van der Waals surface area contributed by atoms with Crippen LogP contribution >= 0.6 is 22.9 Å². The van der Waals surface area contributed by atoms with Crippen LogP contribution in [-0.2, 0) is 6.54 Å². The molecule has 0 radical (unpaired) electrons. The van der Waals surface area contributed by atoms with Crippen molar-refractivity contribution in [1.29, 1.82) is 0 Å². The fourth-order valence-electron chi connectivity index (χ4n) is 1.98. The van der Waals surface area contributed by atoms with Crippen molar-refractivity contribution in [2.45, 2.75) is 13.5 Å². The van der Waals surface area contributed by atoms with Gasteiger partial charge in [-0.1, -0.05) is 29.8 Å². The molecule has 1 aromatic carbocycles. The van der Waals surface area contributed by atoms with Gasteiger partial charge in [0.05, 0.1) is 4.34 Å². The summed E-state index contributed by atoms with van der Waals surface area (Å²) < 4.78 is 0.858. The zero-order valence-corrected chi connectivity index (χ0v) is 12.7. The standard InChI is InChI=1S/C15H19ClN2S/c1-2-18(13-6-4-3-5-7-13)11-10-17-12-14-8-9-15(16)19-14/h3-9,17H,2,10-12H2,1H3. The zero-order valence-electron chi connectivity index (χ0n) is 11.1. The van der Waals surface area contributed by atoms with Gasteiger partial charge in [0.2, 0.25) is 0 Å². The van der Waals surface area contributed by atoms with E-state index in [1.165, 1.54) is 10.6 Å². The Labute approximate surface area is 124 Å². The molecule has 0 atom stereocenters. The van der Waals surface area contributed by atoms with Gasteiger partial charge in [-0.3, -0.25) is 0 Å². The first kappa shape index (κ1) is 14.4. The van der Waals surface area contributed by atoms with Gasteiger partial charge >= 0.3 is 0 Å². The highest BCUT2D eigenvalue weighted by Crippen LogP contribution is 2.20. The summed E-state index contributed by atoms with van der Waals surface area (Å²) in [4.78, 5) is 3.65. The van der Waals surface area contributed by atoms with E-state index in [2.05, 4.69) is 53.5 Å². The van der Waals surface area contributed by atoms with Gasteiger partial charge in [0.15, 0.2) is 0 Å². The second-order valence-electron chi connectivity index (χ2n) is 4.30. The monoisotopic (exact) mass is 294 g/mol. The first-order valence-electron chi connectivity index (χ1n) is 6.54. The molecule has 0 aliphatic heterocycles. The lowest BCUT2D eigenvalue weighted by Gasteiger charge is -2.23. The molecule has 0 spiro atoms. The molecule has 1 N–H and O–H groups in total. The molecule has 0 aliphatic carbocycles. The number of hydrogen-bond donors (Lipinski definition) is 1. The first-order valence-corrected chi connectivity index (χ1v) is 7.74. The van der Waals surface area contributed by atoms with E-state index < -0.39 is 0 Å². The highest BCUT2D eigenvalue weighted by atomic mass is 35.5. The lowest BCUT2D eigenvalue weighted by atomic mass is 10.3. The third kappa shape index (κ3) is 4.53. The number of halogens is 1. The van der Waals surface area contributed by atoms with E-state index in [9.17, 15) is 0 Å². The largest absolute Gasteiger partial charge is 0.371 e. The Morgan fingerprint density at radius 3 is 2.58 bits per heavy atom. The molecule has 0 unspecified atom stereocenters. The van der Waals surface area contributed by atoms with Crippen LogP contribution in [0.4, 0.5) is 5.69 Å². The van der Waals surface area contributed by atoms with Gasteiger partial charge in [0.25, 0.3) is 0 Å². The van der Waals surface area contributed by atoms with Crippen LogP contribution in [0.3, 0.4) is 0 Å². The second-order valence-corrected chi connectivity index (χ2v) is 6.10. The summed E-state index contributed by atoms with van der Waals surface area (Å²) in [6, 6.07) is 14.6. The maximum Gasteiger partial charge on any atom is 0.0931 e. The van der Waals surface area contributed by atoms with Gasteiger partial charge in [-0.15, -0.1) is 11.3 Å². The maximum atomic E-state index is 5.91. The average Bonchev–Trinajstić information content (AvgIpc) is 2.86. The molecule has 2 rings (SSSR count). The van der Waals surface area contributed by atoms with E-state index in [0.717, 1.165) is 30.5 Å². The Morgan fingerprint density at radius 2 is 1.95 bits per heavy atom. The number of anilines is 1. The summed E-state index contributed by atoms with van der Waals surface area (Å²) in [5.74, 6) is 0. The molecule has 1 heterocycles. The zero-order chi connectivity index (χ0) is 13.5. The highest BCUT2D eigenvalue weighted by Gasteiger charge is 2.03. The number of benzene rings is 1. The quantitative estimate of drug-likeness (QED) is 0.776. The van der Waals surface area contributed by atoms with E-state index in [1.807, 2.05) is 6.07 Å². The fraction of sp³-hybridized carbons (Fsp3) is 0.333.